The van der Waals surface area contributed by atoms with Gasteiger partial charge in [0.05, 0.1) is 18.1 Å². The molecule has 0 amide bonds. The molecule has 3 nitrogen and oxygen atoms in total. The molecule has 2 aromatic carbocycles. The van der Waals surface area contributed by atoms with Gasteiger partial charge in [0.15, 0.2) is 0 Å². The highest BCUT2D eigenvalue weighted by Crippen LogP contribution is 2.31. The number of halogens is 1. The monoisotopic (exact) mass is 347 g/mol. The van der Waals surface area contributed by atoms with E-state index in [0.29, 0.717) is 5.56 Å². The van der Waals surface area contributed by atoms with Gasteiger partial charge in [-0.3, -0.25) is 4.79 Å². The van der Waals surface area contributed by atoms with Gasteiger partial charge in [0.2, 0.25) is 0 Å². The number of nitriles is 1. The first-order chi connectivity index (χ1) is 9.58. The normalized spacial score (nSPS) is 10.0. The van der Waals surface area contributed by atoms with Crippen molar-refractivity contribution in [2.45, 2.75) is 16.2 Å². The van der Waals surface area contributed by atoms with E-state index in [2.05, 4.69) is 22.0 Å². The third kappa shape index (κ3) is 3.86. The summed E-state index contributed by atoms with van der Waals surface area (Å²) in [6, 6.07) is 15.0. The first-order valence-corrected chi connectivity index (χ1v) is 7.37. The highest BCUT2D eigenvalue weighted by atomic mass is 79.9. The molecule has 0 saturated carbocycles. The molecule has 0 unspecified atom stereocenters. The van der Waals surface area contributed by atoms with Crippen LogP contribution in [0.4, 0.5) is 0 Å². The quantitative estimate of drug-likeness (QED) is 0.904. The van der Waals surface area contributed by atoms with Crippen molar-refractivity contribution in [1.82, 2.24) is 0 Å². The Hall–Kier alpha value is -1.77. The summed E-state index contributed by atoms with van der Waals surface area (Å²) in [5, 5.41) is 17.6. The zero-order chi connectivity index (χ0) is 14.5. The lowest BCUT2D eigenvalue weighted by molar-refractivity contribution is -0.136. The molecule has 5 heteroatoms. The molecule has 100 valence electrons. The summed E-state index contributed by atoms with van der Waals surface area (Å²) in [6.45, 7) is 0. The van der Waals surface area contributed by atoms with Crippen LogP contribution in [-0.4, -0.2) is 11.1 Å². The average molecular weight is 348 g/mol. The molecule has 0 heterocycles. The molecule has 0 aliphatic heterocycles. The minimum atomic E-state index is -0.855. The van der Waals surface area contributed by atoms with Crippen molar-refractivity contribution >= 4 is 33.7 Å². The zero-order valence-corrected chi connectivity index (χ0v) is 12.7. The van der Waals surface area contributed by atoms with Crippen LogP contribution in [0.3, 0.4) is 0 Å². The van der Waals surface area contributed by atoms with Crippen LogP contribution in [0.2, 0.25) is 0 Å². The van der Waals surface area contributed by atoms with Crippen molar-refractivity contribution in [1.29, 1.82) is 5.26 Å². The minimum absolute atomic E-state index is 0.0116. The third-order valence-electron chi connectivity index (χ3n) is 2.58. The smallest absolute Gasteiger partial charge is 0.307 e. The van der Waals surface area contributed by atoms with Gasteiger partial charge in [-0.25, -0.2) is 0 Å². The number of carboxylic acid groups (broad SMARTS) is 1. The average Bonchev–Trinajstić information content (AvgIpc) is 2.43. The fourth-order valence-electron chi connectivity index (χ4n) is 1.65. The van der Waals surface area contributed by atoms with E-state index in [0.717, 1.165) is 19.8 Å². The topological polar surface area (TPSA) is 61.1 Å². The highest BCUT2D eigenvalue weighted by Gasteiger charge is 2.07. The number of carboxylic acids is 1. The predicted molar refractivity (Wildman–Crippen MR) is 80.8 cm³/mol. The molecule has 0 bridgehead atoms. The number of aliphatic carboxylic acids is 1. The molecule has 0 radical (unpaired) electrons. The molecule has 2 rings (SSSR count). The number of carbonyl (C=O) groups is 1. The molecule has 0 fully saturated rings. The van der Waals surface area contributed by atoms with Gasteiger partial charge >= 0.3 is 5.97 Å². The van der Waals surface area contributed by atoms with Crippen molar-refractivity contribution in [2.75, 3.05) is 0 Å². The maximum absolute atomic E-state index is 10.8. The zero-order valence-electron chi connectivity index (χ0n) is 10.3. The third-order valence-corrected chi connectivity index (χ3v) is 4.35. The Balaban J connectivity index is 2.20. The largest absolute Gasteiger partial charge is 0.481 e. The SMILES string of the molecule is N#Cc1ccc(Sc2ccc(Br)c(CC(=O)O)c2)cc1. The van der Waals surface area contributed by atoms with Crippen LogP contribution in [-0.2, 0) is 11.2 Å². The van der Waals surface area contributed by atoms with E-state index >= 15 is 0 Å². The Morgan fingerprint density at radius 2 is 1.85 bits per heavy atom. The van der Waals surface area contributed by atoms with E-state index in [1.807, 2.05) is 30.3 Å². The van der Waals surface area contributed by atoms with Gasteiger partial charge in [-0.2, -0.15) is 5.26 Å². The first-order valence-electron chi connectivity index (χ1n) is 5.77. The molecule has 0 saturated heterocycles. The van der Waals surface area contributed by atoms with Gasteiger partial charge in [-0.15, -0.1) is 0 Å². The van der Waals surface area contributed by atoms with E-state index in [1.54, 1.807) is 12.1 Å². The van der Waals surface area contributed by atoms with Crippen LogP contribution >= 0.6 is 27.7 Å². The lowest BCUT2D eigenvalue weighted by atomic mass is 10.1. The molecule has 20 heavy (non-hydrogen) atoms. The van der Waals surface area contributed by atoms with Crippen LogP contribution < -0.4 is 0 Å². The second-order valence-corrected chi connectivity index (χ2v) is 6.06. The summed E-state index contributed by atoms with van der Waals surface area (Å²) in [7, 11) is 0. The molecule has 0 aromatic heterocycles. The fraction of sp³-hybridized carbons (Fsp3) is 0.0667. The molecular formula is C15H10BrNO2S. The van der Waals surface area contributed by atoms with Gasteiger partial charge in [0.25, 0.3) is 0 Å². The van der Waals surface area contributed by atoms with Gasteiger partial charge in [0, 0.05) is 14.3 Å². The van der Waals surface area contributed by atoms with Gasteiger partial charge in [-0.1, -0.05) is 27.7 Å². The Kier molecular flexibility index (Phi) is 4.83. The highest BCUT2D eigenvalue weighted by molar-refractivity contribution is 9.10. The lowest BCUT2D eigenvalue weighted by Crippen LogP contribution is -2.00. The Labute approximate surface area is 129 Å². The van der Waals surface area contributed by atoms with Gasteiger partial charge in [0.1, 0.15) is 0 Å². The van der Waals surface area contributed by atoms with Crippen LogP contribution in [0.5, 0.6) is 0 Å². The van der Waals surface area contributed by atoms with E-state index in [-0.39, 0.29) is 6.42 Å². The van der Waals surface area contributed by atoms with Gasteiger partial charge in [-0.05, 0) is 48.0 Å². The summed E-state index contributed by atoms with van der Waals surface area (Å²) >= 11 is 4.89. The fourth-order valence-corrected chi connectivity index (χ4v) is 2.91. The molecule has 2 aromatic rings. The molecule has 1 N–H and O–H groups in total. The first kappa shape index (κ1) is 14.6. The maximum Gasteiger partial charge on any atom is 0.307 e. The van der Waals surface area contributed by atoms with Crippen LogP contribution in [0.25, 0.3) is 0 Å². The summed E-state index contributed by atoms with van der Waals surface area (Å²) in [4.78, 5) is 12.8. The standard InChI is InChI=1S/C15H10BrNO2S/c16-14-6-5-13(7-11(14)8-15(18)19)20-12-3-1-10(9-17)2-4-12/h1-7H,8H2,(H,18,19). The molecule has 0 aliphatic carbocycles. The second kappa shape index (κ2) is 6.60. The number of hydrogen-bond acceptors (Lipinski definition) is 3. The Morgan fingerprint density at radius 1 is 1.20 bits per heavy atom. The Morgan fingerprint density at radius 3 is 2.45 bits per heavy atom. The van der Waals surface area contributed by atoms with E-state index in [9.17, 15) is 4.79 Å². The predicted octanol–water partition coefficient (Wildman–Crippen LogP) is 4.10. The van der Waals surface area contributed by atoms with Crippen LogP contribution in [0, 0.1) is 11.3 Å². The molecule has 0 aliphatic rings. The van der Waals surface area contributed by atoms with E-state index in [1.165, 1.54) is 11.8 Å². The van der Waals surface area contributed by atoms with Crippen molar-refractivity contribution < 1.29 is 9.90 Å². The van der Waals surface area contributed by atoms with Crippen LogP contribution in [0.1, 0.15) is 11.1 Å². The molecule has 0 spiro atoms. The van der Waals surface area contributed by atoms with Crippen molar-refractivity contribution in [3.05, 3.63) is 58.1 Å². The number of benzene rings is 2. The number of hydrogen-bond donors (Lipinski definition) is 1. The number of nitrogens with zero attached hydrogens (tertiary/aromatic N) is 1. The maximum atomic E-state index is 10.8. The van der Waals surface area contributed by atoms with Gasteiger partial charge < -0.3 is 5.11 Å². The molecule has 0 atom stereocenters. The van der Waals surface area contributed by atoms with E-state index < -0.39 is 5.97 Å². The summed E-state index contributed by atoms with van der Waals surface area (Å²) in [5.41, 5.74) is 1.37. The van der Waals surface area contributed by atoms with Crippen molar-refractivity contribution in [3.8, 4) is 6.07 Å². The lowest BCUT2D eigenvalue weighted by Gasteiger charge is -2.06. The van der Waals surface area contributed by atoms with Crippen LogP contribution in [0.15, 0.2) is 56.7 Å². The minimum Gasteiger partial charge on any atom is -0.481 e. The molecular weight excluding hydrogens is 338 g/mol. The summed E-state index contributed by atoms with van der Waals surface area (Å²) in [5.74, 6) is -0.855. The van der Waals surface area contributed by atoms with Crippen molar-refractivity contribution in [2.24, 2.45) is 0 Å². The Bertz CT molecular complexity index is 677. The van der Waals surface area contributed by atoms with E-state index in [4.69, 9.17) is 10.4 Å². The second-order valence-electron chi connectivity index (χ2n) is 4.06. The summed E-state index contributed by atoms with van der Waals surface area (Å²) < 4.78 is 0.795. The summed E-state index contributed by atoms with van der Waals surface area (Å²) in [6.07, 6.45) is -0.0116. The van der Waals surface area contributed by atoms with Crippen molar-refractivity contribution in [3.63, 3.8) is 0 Å². The number of rotatable bonds is 4.